The molecule has 1 aliphatic heterocycles. The van der Waals surface area contributed by atoms with Crippen molar-refractivity contribution in [3.63, 3.8) is 0 Å². The van der Waals surface area contributed by atoms with Gasteiger partial charge in [-0.1, -0.05) is 11.6 Å². The fourth-order valence-electron chi connectivity index (χ4n) is 1.34. The van der Waals surface area contributed by atoms with Crippen LogP contribution in [0.1, 0.15) is 28.5 Å². The highest BCUT2D eigenvalue weighted by Gasteiger charge is 2.21. The van der Waals surface area contributed by atoms with E-state index in [1.807, 2.05) is 0 Å². The van der Waals surface area contributed by atoms with Gasteiger partial charge in [0.15, 0.2) is 0 Å². The van der Waals surface area contributed by atoms with Gasteiger partial charge in [-0.3, -0.25) is 0 Å². The number of nitrogens with zero attached hydrogens (tertiary/aromatic N) is 1. The number of carboxylic acids is 1. The molecule has 1 saturated heterocycles. The highest BCUT2D eigenvalue weighted by Crippen LogP contribution is 2.23. The van der Waals surface area contributed by atoms with Gasteiger partial charge in [-0.2, -0.15) is 0 Å². The molecule has 5 heteroatoms. The molecule has 0 aromatic carbocycles. The Hall–Kier alpha value is -1.13. The second-order valence-electron chi connectivity index (χ2n) is 3.18. The summed E-state index contributed by atoms with van der Waals surface area (Å²) < 4.78 is 0. The first-order valence-corrected chi connectivity index (χ1v) is 4.69. The summed E-state index contributed by atoms with van der Waals surface area (Å²) in [5, 5.41) is 12.0. The Labute approximate surface area is 85.9 Å². The summed E-state index contributed by atoms with van der Waals surface area (Å²) in [7, 11) is 0. The van der Waals surface area contributed by atoms with Gasteiger partial charge >= 0.3 is 5.97 Å². The van der Waals surface area contributed by atoms with Gasteiger partial charge in [0.05, 0.1) is 17.3 Å². The fraction of sp³-hybridized carbons (Fsp3) is 0.333. The minimum atomic E-state index is -1.05. The number of rotatable bonds is 2. The van der Waals surface area contributed by atoms with Crippen molar-refractivity contribution in [3.05, 3.63) is 28.5 Å². The Balaban J connectivity index is 2.30. The molecular weight excluding hydrogens is 204 g/mol. The first-order valence-electron chi connectivity index (χ1n) is 4.31. The van der Waals surface area contributed by atoms with Crippen molar-refractivity contribution in [1.82, 2.24) is 10.3 Å². The van der Waals surface area contributed by atoms with E-state index in [9.17, 15) is 4.79 Å². The minimum Gasteiger partial charge on any atom is -0.478 e. The lowest BCUT2D eigenvalue weighted by molar-refractivity contribution is 0.0696. The van der Waals surface area contributed by atoms with Crippen LogP contribution in [0.15, 0.2) is 12.1 Å². The van der Waals surface area contributed by atoms with E-state index in [4.69, 9.17) is 16.7 Å². The molecule has 2 N–H and O–H groups in total. The van der Waals surface area contributed by atoms with E-state index < -0.39 is 5.97 Å². The molecule has 2 heterocycles. The number of hydrogen-bond acceptors (Lipinski definition) is 3. The van der Waals surface area contributed by atoms with Crippen molar-refractivity contribution in [2.45, 2.75) is 12.5 Å². The minimum absolute atomic E-state index is 0.0507. The van der Waals surface area contributed by atoms with Gasteiger partial charge in [-0.25, -0.2) is 9.78 Å². The topological polar surface area (TPSA) is 62.2 Å². The quantitative estimate of drug-likeness (QED) is 0.729. The molecule has 1 aliphatic rings. The zero-order valence-electron chi connectivity index (χ0n) is 7.33. The second kappa shape index (κ2) is 3.55. The second-order valence-corrected chi connectivity index (χ2v) is 3.53. The summed E-state index contributed by atoms with van der Waals surface area (Å²) in [6.45, 7) is 0.977. The maximum atomic E-state index is 10.6. The van der Waals surface area contributed by atoms with Crippen molar-refractivity contribution in [3.8, 4) is 0 Å². The van der Waals surface area contributed by atoms with Gasteiger partial charge in [0.2, 0.25) is 0 Å². The lowest BCUT2D eigenvalue weighted by Gasteiger charge is -2.27. The number of hydrogen-bond donors (Lipinski definition) is 2. The van der Waals surface area contributed by atoms with Crippen molar-refractivity contribution in [2.75, 3.05) is 6.54 Å². The number of halogens is 1. The Kier molecular flexibility index (Phi) is 2.39. The van der Waals surface area contributed by atoms with Crippen LogP contribution in [0.3, 0.4) is 0 Å². The highest BCUT2D eigenvalue weighted by molar-refractivity contribution is 6.32. The molecule has 0 spiro atoms. The number of nitrogens with one attached hydrogen (secondary N) is 1. The van der Waals surface area contributed by atoms with Crippen LogP contribution in [-0.2, 0) is 0 Å². The summed E-state index contributed by atoms with van der Waals surface area (Å²) in [5.41, 5.74) is 0.862. The Morgan fingerprint density at radius 3 is 2.79 bits per heavy atom. The number of aromatic carboxylic acids is 1. The number of carboxylic acid groups (broad SMARTS) is 1. The number of pyridine rings is 1. The van der Waals surface area contributed by atoms with Crippen LogP contribution in [0.25, 0.3) is 0 Å². The van der Waals surface area contributed by atoms with E-state index in [0.29, 0.717) is 0 Å². The highest BCUT2D eigenvalue weighted by atomic mass is 35.5. The van der Waals surface area contributed by atoms with E-state index in [1.54, 1.807) is 6.07 Å². The van der Waals surface area contributed by atoms with Crippen LogP contribution in [0.5, 0.6) is 0 Å². The van der Waals surface area contributed by atoms with Crippen LogP contribution in [0.4, 0.5) is 0 Å². The molecule has 0 amide bonds. The van der Waals surface area contributed by atoms with Crippen LogP contribution >= 0.6 is 11.6 Å². The summed E-state index contributed by atoms with van der Waals surface area (Å²) in [4.78, 5) is 14.7. The van der Waals surface area contributed by atoms with Gasteiger partial charge < -0.3 is 10.4 Å². The maximum absolute atomic E-state index is 10.6. The zero-order chi connectivity index (χ0) is 10.1. The molecule has 2 rings (SSSR count). The third-order valence-electron chi connectivity index (χ3n) is 2.28. The molecule has 0 aliphatic carbocycles. The lowest BCUT2D eigenvalue weighted by Crippen LogP contribution is -2.35. The molecule has 1 aromatic rings. The summed E-state index contributed by atoms with van der Waals surface area (Å²) in [5.74, 6) is -1.05. The zero-order valence-corrected chi connectivity index (χ0v) is 8.08. The van der Waals surface area contributed by atoms with Crippen LogP contribution in [0.2, 0.25) is 5.15 Å². The van der Waals surface area contributed by atoms with Crippen molar-refractivity contribution >= 4 is 17.6 Å². The molecule has 4 nitrogen and oxygen atoms in total. The molecule has 0 radical (unpaired) electrons. The average Bonchev–Trinajstić information content (AvgIpc) is 2.00. The normalized spacial score (nSPS) is 20.2. The Bertz CT molecular complexity index is 377. The van der Waals surface area contributed by atoms with Gasteiger partial charge in [0.1, 0.15) is 5.15 Å². The third-order valence-corrected chi connectivity index (χ3v) is 2.57. The molecule has 14 heavy (non-hydrogen) atoms. The molecule has 1 atom stereocenters. The first kappa shape index (κ1) is 9.43. The van der Waals surface area contributed by atoms with E-state index in [1.165, 1.54) is 6.07 Å². The van der Waals surface area contributed by atoms with E-state index in [-0.39, 0.29) is 16.8 Å². The summed E-state index contributed by atoms with van der Waals surface area (Å²) in [6, 6.07) is 3.43. The van der Waals surface area contributed by atoms with Gasteiger partial charge in [0.25, 0.3) is 0 Å². The predicted octanol–water partition coefficient (Wildman–Crippen LogP) is 1.47. The van der Waals surface area contributed by atoms with Crippen molar-refractivity contribution in [2.24, 2.45) is 0 Å². The molecule has 1 aromatic heterocycles. The standard InChI is InChI=1S/C9H9ClN2O2/c10-8-5(9(13)14)1-2-7(12-8)6-3-4-11-6/h1-2,6,11H,3-4H2,(H,13,14)/t6-/m1/s1. The van der Waals surface area contributed by atoms with E-state index in [2.05, 4.69) is 10.3 Å². The smallest absolute Gasteiger partial charge is 0.338 e. The number of aromatic nitrogens is 1. The molecule has 1 fully saturated rings. The number of carbonyl (C=O) groups is 1. The molecule has 0 saturated carbocycles. The van der Waals surface area contributed by atoms with Gasteiger partial charge in [-0.05, 0) is 25.1 Å². The molecule has 0 unspecified atom stereocenters. The van der Waals surface area contributed by atoms with Gasteiger partial charge in [0, 0.05) is 0 Å². The van der Waals surface area contributed by atoms with Crippen molar-refractivity contribution in [1.29, 1.82) is 0 Å². The summed E-state index contributed by atoms with van der Waals surface area (Å²) >= 11 is 5.73. The third kappa shape index (κ3) is 1.58. The fourth-order valence-corrected chi connectivity index (χ4v) is 1.58. The largest absolute Gasteiger partial charge is 0.478 e. The molecule has 0 bridgehead atoms. The van der Waals surface area contributed by atoms with Crippen molar-refractivity contribution < 1.29 is 9.90 Å². The lowest BCUT2D eigenvalue weighted by atomic mass is 10.0. The Morgan fingerprint density at radius 2 is 2.36 bits per heavy atom. The van der Waals surface area contributed by atoms with Gasteiger partial charge in [-0.15, -0.1) is 0 Å². The van der Waals surface area contributed by atoms with E-state index in [0.717, 1.165) is 18.7 Å². The average molecular weight is 213 g/mol. The van der Waals surface area contributed by atoms with Crippen LogP contribution < -0.4 is 5.32 Å². The molecule has 74 valence electrons. The monoisotopic (exact) mass is 212 g/mol. The summed E-state index contributed by atoms with van der Waals surface area (Å²) in [6.07, 6.45) is 1.02. The van der Waals surface area contributed by atoms with Crippen LogP contribution in [-0.4, -0.2) is 22.6 Å². The predicted molar refractivity (Wildman–Crippen MR) is 51.6 cm³/mol. The SMILES string of the molecule is O=C(O)c1ccc([C@H]2CCN2)nc1Cl. The first-order chi connectivity index (χ1) is 6.68. The Morgan fingerprint density at radius 1 is 1.64 bits per heavy atom. The molecular formula is C9H9ClN2O2. The van der Waals surface area contributed by atoms with E-state index >= 15 is 0 Å². The maximum Gasteiger partial charge on any atom is 0.338 e. The van der Waals surface area contributed by atoms with Crippen LogP contribution in [0, 0.1) is 0 Å².